The number of nitrogens with one attached hydrogen (secondary N) is 1. The first kappa shape index (κ1) is 11.1. The van der Waals surface area contributed by atoms with Gasteiger partial charge in [-0.15, -0.1) is 0 Å². The number of hydrogen-bond acceptors (Lipinski definition) is 4. The van der Waals surface area contributed by atoms with Gasteiger partial charge in [-0.1, -0.05) is 6.07 Å². The molecular formula is C13H20N4. The van der Waals surface area contributed by atoms with Gasteiger partial charge in [0.25, 0.3) is 0 Å². The zero-order valence-corrected chi connectivity index (χ0v) is 10.3. The molecule has 0 amide bonds. The van der Waals surface area contributed by atoms with Gasteiger partial charge in [0, 0.05) is 45.0 Å². The van der Waals surface area contributed by atoms with Crippen LogP contribution in [-0.2, 0) is 0 Å². The minimum absolute atomic E-state index is 0.460. The van der Waals surface area contributed by atoms with Crippen molar-refractivity contribution >= 4 is 0 Å². The van der Waals surface area contributed by atoms with Gasteiger partial charge in [0.1, 0.15) is 0 Å². The lowest BCUT2D eigenvalue weighted by atomic mass is 10.0. The fraction of sp³-hybridized carbons (Fsp3) is 0.615. The molecule has 4 nitrogen and oxygen atoms in total. The summed E-state index contributed by atoms with van der Waals surface area (Å²) in [4.78, 5) is 9.59. The first-order valence-electron chi connectivity index (χ1n) is 6.40. The van der Waals surface area contributed by atoms with E-state index in [1.165, 1.54) is 5.69 Å². The second-order valence-corrected chi connectivity index (χ2v) is 5.09. The summed E-state index contributed by atoms with van der Waals surface area (Å²) in [6.45, 7) is 5.60. The van der Waals surface area contributed by atoms with Gasteiger partial charge in [-0.2, -0.15) is 0 Å². The SMILES string of the molecule is CN1CC2CNCCN2C(c2ccccn2)C1. The van der Waals surface area contributed by atoms with E-state index in [1.807, 2.05) is 12.3 Å². The molecule has 2 saturated heterocycles. The third-order valence-electron chi connectivity index (χ3n) is 3.83. The van der Waals surface area contributed by atoms with E-state index in [9.17, 15) is 0 Å². The number of fused-ring (bicyclic) bond motifs is 1. The molecule has 0 aromatic carbocycles. The van der Waals surface area contributed by atoms with Crippen molar-refractivity contribution in [3.63, 3.8) is 0 Å². The molecule has 0 spiro atoms. The molecule has 3 rings (SSSR count). The van der Waals surface area contributed by atoms with Crippen LogP contribution in [0, 0.1) is 0 Å². The van der Waals surface area contributed by atoms with Crippen molar-refractivity contribution in [2.75, 3.05) is 39.8 Å². The highest BCUT2D eigenvalue weighted by Crippen LogP contribution is 2.27. The maximum absolute atomic E-state index is 4.54. The van der Waals surface area contributed by atoms with Crippen LogP contribution in [0.1, 0.15) is 11.7 Å². The fourth-order valence-corrected chi connectivity index (χ4v) is 3.03. The lowest BCUT2D eigenvalue weighted by Gasteiger charge is -2.48. The second-order valence-electron chi connectivity index (χ2n) is 5.09. The van der Waals surface area contributed by atoms with E-state index >= 15 is 0 Å². The summed E-state index contributed by atoms with van der Waals surface area (Å²) < 4.78 is 0. The zero-order valence-electron chi connectivity index (χ0n) is 10.3. The maximum atomic E-state index is 4.54. The number of rotatable bonds is 1. The molecule has 2 atom stereocenters. The quantitative estimate of drug-likeness (QED) is 0.757. The third kappa shape index (κ3) is 2.20. The smallest absolute Gasteiger partial charge is 0.0652 e. The van der Waals surface area contributed by atoms with Gasteiger partial charge in [0.15, 0.2) is 0 Å². The van der Waals surface area contributed by atoms with Crippen LogP contribution in [0.25, 0.3) is 0 Å². The van der Waals surface area contributed by atoms with Crippen LogP contribution in [0.4, 0.5) is 0 Å². The lowest BCUT2D eigenvalue weighted by molar-refractivity contribution is 0.0176. The van der Waals surface area contributed by atoms with Gasteiger partial charge in [-0.3, -0.25) is 9.88 Å². The predicted octanol–water partition coefficient (Wildman–Crippen LogP) is 0.342. The first-order valence-corrected chi connectivity index (χ1v) is 6.40. The Morgan fingerprint density at radius 2 is 2.29 bits per heavy atom. The molecule has 1 N–H and O–H groups in total. The van der Waals surface area contributed by atoms with Gasteiger partial charge >= 0.3 is 0 Å². The van der Waals surface area contributed by atoms with Gasteiger partial charge in [0.05, 0.1) is 11.7 Å². The highest BCUT2D eigenvalue weighted by Gasteiger charge is 2.35. The van der Waals surface area contributed by atoms with Crippen LogP contribution in [0.5, 0.6) is 0 Å². The molecule has 2 aliphatic rings. The fourth-order valence-electron chi connectivity index (χ4n) is 3.03. The Bertz CT molecular complexity index is 367. The second kappa shape index (κ2) is 4.72. The average molecular weight is 232 g/mol. The van der Waals surface area contributed by atoms with Crippen molar-refractivity contribution in [3.05, 3.63) is 30.1 Å². The summed E-state index contributed by atoms with van der Waals surface area (Å²) in [5.74, 6) is 0. The van der Waals surface area contributed by atoms with E-state index < -0.39 is 0 Å². The highest BCUT2D eigenvalue weighted by atomic mass is 15.3. The number of likely N-dealkylation sites (N-methyl/N-ethyl adjacent to an activating group) is 1. The molecule has 92 valence electrons. The first-order chi connectivity index (χ1) is 8.34. The molecule has 0 saturated carbocycles. The summed E-state index contributed by atoms with van der Waals surface area (Å²) in [5, 5.41) is 3.49. The Morgan fingerprint density at radius 1 is 1.35 bits per heavy atom. The lowest BCUT2D eigenvalue weighted by Crippen LogP contribution is -2.61. The molecule has 0 aliphatic carbocycles. The molecule has 2 fully saturated rings. The van der Waals surface area contributed by atoms with Crippen molar-refractivity contribution in [2.24, 2.45) is 0 Å². The Balaban J connectivity index is 1.86. The number of nitrogens with zero attached hydrogens (tertiary/aromatic N) is 3. The van der Waals surface area contributed by atoms with Crippen LogP contribution in [0.15, 0.2) is 24.4 Å². The predicted molar refractivity (Wildman–Crippen MR) is 67.8 cm³/mol. The van der Waals surface area contributed by atoms with Crippen molar-refractivity contribution in [1.29, 1.82) is 0 Å². The number of hydrogen-bond donors (Lipinski definition) is 1. The Hall–Kier alpha value is -0.970. The number of piperazine rings is 2. The van der Waals surface area contributed by atoms with Crippen molar-refractivity contribution in [2.45, 2.75) is 12.1 Å². The Labute approximate surface area is 103 Å². The molecule has 0 radical (unpaired) electrons. The summed E-state index contributed by atoms with van der Waals surface area (Å²) in [7, 11) is 2.21. The van der Waals surface area contributed by atoms with E-state index in [0.717, 1.165) is 32.7 Å². The number of aromatic nitrogens is 1. The Morgan fingerprint density at radius 3 is 3.12 bits per heavy atom. The summed E-state index contributed by atoms with van der Waals surface area (Å²) in [5.41, 5.74) is 1.21. The average Bonchev–Trinajstić information content (AvgIpc) is 2.39. The molecule has 0 bridgehead atoms. The molecular weight excluding hydrogens is 212 g/mol. The van der Waals surface area contributed by atoms with Crippen molar-refractivity contribution < 1.29 is 0 Å². The summed E-state index contributed by atoms with van der Waals surface area (Å²) in [6, 6.07) is 7.33. The minimum atomic E-state index is 0.460. The molecule has 2 unspecified atom stereocenters. The van der Waals surface area contributed by atoms with Crippen LogP contribution in [0.3, 0.4) is 0 Å². The van der Waals surface area contributed by atoms with Gasteiger partial charge in [-0.05, 0) is 19.2 Å². The summed E-state index contributed by atoms with van der Waals surface area (Å²) in [6.07, 6.45) is 1.90. The largest absolute Gasteiger partial charge is 0.314 e. The van der Waals surface area contributed by atoms with Crippen LogP contribution in [0.2, 0.25) is 0 Å². The van der Waals surface area contributed by atoms with E-state index in [2.05, 4.69) is 39.3 Å². The molecule has 2 aliphatic heterocycles. The third-order valence-corrected chi connectivity index (χ3v) is 3.83. The van der Waals surface area contributed by atoms with E-state index in [1.54, 1.807) is 0 Å². The molecule has 4 heteroatoms. The molecule has 3 heterocycles. The maximum Gasteiger partial charge on any atom is 0.0652 e. The van der Waals surface area contributed by atoms with Crippen LogP contribution < -0.4 is 5.32 Å². The Kier molecular flexibility index (Phi) is 3.09. The minimum Gasteiger partial charge on any atom is -0.314 e. The van der Waals surface area contributed by atoms with E-state index in [0.29, 0.717) is 12.1 Å². The van der Waals surface area contributed by atoms with E-state index in [4.69, 9.17) is 0 Å². The van der Waals surface area contributed by atoms with Crippen molar-refractivity contribution in [1.82, 2.24) is 20.1 Å². The molecule has 1 aromatic heterocycles. The van der Waals surface area contributed by atoms with Gasteiger partial charge < -0.3 is 10.2 Å². The molecule has 1 aromatic rings. The monoisotopic (exact) mass is 232 g/mol. The zero-order chi connectivity index (χ0) is 11.7. The molecule has 17 heavy (non-hydrogen) atoms. The van der Waals surface area contributed by atoms with Gasteiger partial charge in [0.2, 0.25) is 0 Å². The summed E-state index contributed by atoms with van der Waals surface area (Å²) >= 11 is 0. The highest BCUT2D eigenvalue weighted by molar-refractivity contribution is 5.12. The normalized spacial score (nSPS) is 31.1. The topological polar surface area (TPSA) is 31.4 Å². The van der Waals surface area contributed by atoms with E-state index in [-0.39, 0.29) is 0 Å². The van der Waals surface area contributed by atoms with Crippen LogP contribution in [-0.4, -0.2) is 60.6 Å². The van der Waals surface area contributed by atoms with Crippen molar-refractivity contribution in [3.8, 4) is 0 Å². The van der Waals surface area contributed by atoms with Crippen LogP contribution >= 0.6 is 0 Å². The standard InChI is InChI=1S/C13H20N4/c1-16-9-11-8-14-6-7-17(11)13(10-16)12-4-2-3-5-15-12/h2-5,11,13-14H,6-10H2,1H3. The number of pyridine rings is 1. The van der Waals surface area contributed by atoms with Gasteiger partial charge in [-0.25, -0.2) is 0 Å².